The van der Waals surface area contributed by atoms with Crippen LogP contribution < -0.4 is 11.1 Å². The van der Waals surface area contributed by atoms with Crippen LogP contribution in [0.4, 0.5) is 18.9 Å². The van der Waals surface area contributed by atoms with Crippen molar-refractivity contribution in [2.75, 3.05) is 5.32 Å². The number of hydrogen-bond donors (Lipinski definition) is 2. The Kier molecular flexibility index (Phi) is 4.63. The van der Waals surface area contributed by atoms with E-state index in [1.165, 1.54) is 13.0 Å². The van der Waals surface area contributed by atoms with Gasteiger partial charge in [0, 0.05) is 10.2 Å². The molecule has 1 aromatic rings. The van der Waals surface area contributed by atoms with E-state index < -0.39 is 23.2 Å². The van der Waals surface area contributed by atoms with Gasteiger partial charge in [0.1, 0.15) is 0 Å². The van der Waals surface area contributed by atoms with Crippen molar-refractivity contribution in [2.45, 2.75) is 32.0 Å². The molecule has 0 aliphatic rings. The maximum absolute atomic E-state index is 12.6. The van der Waals surface area contributed by atoms with Gasteiger partial charge in [-0.05, 0) is 31.5 Å². The summed E-state index contributed by atoms with van der Waals surface area (Å²) >= 11 is 2.98. The lowest BCUT2D eigenvalue weighted by Crippen LogP contribution is -2.47. The van der Waals surface area contributed by atoms with E-state index >= 15 is 0 Å². The first-order valence-corrected chi connectivity index (χ1v) is 6.33. The van der Waals surface area contributed by atoms with Crippen LogP contribution >= 0.6 is 15.9 Å². The lowest BCUT2D eigenvalue weighted by Gasteiger charge is -2.22. The van der Waals surface area contributed by atoms with Crippen LogP contribution in [0.15, 0.2) is 22.7 Å². The monoisotopic (exact) mass is 338 g/mol. The Morgan fingerprint density at radius 1 is 1.37 bits per heavy atom. The summed E-state index contributed by atoms with van der Waals surface area (Å²) in [5, 5.41) is 2.39. The third-order valence-electron chi connectivity index (χ3n) is 2.74. The van der Waals surface area contributed by atoms with E-state index in [-0.39, 0.29) is 10.2 Å². The highest BCUT2D eigenvalue weighted by Crippen LogP contribution is 2.33. The molecule has 7 heteroatoms. The summed E-state index contributed by atoms with van der Waals surface area (Å²) < 4.78 is 38.1. The minimum absolute atomic E-state index is 0.0526. The highest BCUT2D eigenvalue weighted by atomic mass is 79.9. The molecule has 1 amide bonds. The molecule has 19 heavy (non-hydrogen) atoms. The molecule has 0 saturated heterocycles. The Bertz CT molecular complexity index is 486. The van der Waals surface area contributed by atoms with E-state index in [4.69, 9.17) is 5.73 Å². The van der Waals surface area contributed by atoms with Crippen molar-refractivity contribution < 1.29 is 18.0 Å². The Balaban J connectivity index is 3.03. The van der Waals surface area contributed by atoms with Gasteiger partial charge in [0.15, 0.2) is 0 Å². The van der Waals surface area contributed by atoms with Crippen molar-refractivity contribution in [3.05, 3.63) is 28.2 Å². The van der Waals surface area contributed by atoms with E-state index in [1.54, 1.807) is 6.92 Å². The van der Waals surface area contributed by atoms with Crippen LogP contribution in [0.25, 0.3) is 0 Å². The molecule has 0 aromatic heterocycles. The highest BCUT2D eigenvalue weighted by Gasteiger charge is 2.32. The number of halogens is 4. The summed E-state index contributed by atoms with van der Waals surface area (Å²) in [6, 6.07) is 3.20. The van der Waals surface area contributed by atoms with Crippen molar-refractivity contribution in [1.29, 1.82) is 0 Å². The van der Waals surface area contributed by atoms with Crippen molar-refractivity contribution >= 4 is 27.5 Å². The number of nitrogens with two attached hydrogens (primary N) is 1. The van der Waals surface area contributed by atoms with E-state index in [1.807, 2.05) is 0 Å². The zero-order chi connectivity index (χ0) is 14.8. The van der Waals surface area contributed by atoms with Gasteiger partial charge in [-0.15, -0.1) is 0 Å². The smallest absolute Gasteiger partial charge is 0.324 e. The minimum atomic E-state index is -4.47. The molecular formula is C12H14BrF3N2O. The predicted molar refractivity (Wildman–Crippen MR) is 70.7 cm³/mol. The van der Waals surface area contributed by atoms with Crippen LogP contribution in [-0.4, -0.2) is 11.4 Å². The number of anilines is 1. The van der Waals surface area contributed by atoms with Gasteiger partial charge in [0.2, 0.25) is 5.91 Å². The van der Waals surface area contributed by atoms with Crippen molar-refractivity contribution in [1.82, 2.24) is 0 Å². The number of alkyl halides is 3. The lowest BCUT2D eigenvalue weighted by atomic mass is 9.99. The first kappa shape index (κ1) is 16.0. The fraction of sp³-hybridized carbons (Fsp3) is 0.417. The first-order chi connectivity index (χ1) is 8.56. The van der Waals surface area contributed by atoms with E-state index in [0.29, 0.717) is 6.42 Å². The van der Waals surface area contributed by atoms with Gasteiger partial charge < -0.3 is 11.1 Å². The van der Waals surface area contributed by atoms with E-state index in [9.17, 15) is 18.0 Å². The van der Waals surface area contributed by atoms with Gasteiger partial charge in [-0.2, -0.15) is 13.2 Å². The molecule has 0 heterocycles. The molecule has 1 rings (SSSR count). The third-order valence-corrected chi connectivity index (χ3v) is 3.19. The normalized spacial score (nSPS) is 14.9. The maximum Gasteiger partial charge on any atom is 0.416 e. The quantitative estimate of drug-likeness (QED) is 0.885. The Hall–Kier alpha value is -1.08. The molecule has 3 N–H and O–H groups in total. The van der Waals surface area contributed by atoms with Gasteiger partial charge in [0.05, 0.1) is 11.1 Å². The highest BCUT2D eigenvalue weighted by molar-refractivity contribution is 9.10. The number of benzene rings is 1. The van der Waals surface area contributed by atoms with Crippen molar-refractivity contribution in [2.24, 2.45) is 5.73 Å². The zero-order valence-electron chi connectivity index (χ0n) is 10.4. The second-order valence-corrected chi connectivity index (χ2v) is 5.37. The van der Waals surface area contributed by atoms with Crippen LogP contribution in [0.3, 0.4) is 0 Å². The summed E-state index contributed by atoms with van der Waals surface area (Å²) in [7, 11) is 0. The fourth-order valence-corrected chi connectivity index (χ4v) is 1.75. The largest absolute Gasteiger partial charge is 0.416 e. The van der Waals surface area contributed by atoms with Crippen LogP contribution in [0.2, 0.25) is 0 Å². The Morgan fingerprint density at radius 3 is 2.42 bits per heavy atom. The lowest BCUT2D eigenvalue weighted by molar-refractivity contribution is -0.137. The molecule has 1 aromatic carbocycles. The molecule has 0 spiro atoms. The van der Waals surface area contributed by atoms with Gasteiger partial charge in [0.25, 0.3) is 0 Å². The SMILES string of the molecule is CCC(C)(N)C(=O)Nc1cc(Br)cc(C(F)(F)F)c1. The molecule has 0 bridgehead atoms. The second kappa shape index (κ2) is 5.50. The fourth-order valence-electron chi connectivity index (χ4n) is 1.26. The van der Waals surface area contributed by atoms with Gasteiger partial charge in [-0.25, -0.2) is 0 Å². The molecule has 0 fully saturated rings. The third kappa shape index (κ3) is 4.21. The molecular weight excluding hydrogens is 325 g/mol. The van der Waals surface area contributed by atoms with Gasteiger partial charge in [-0.3, -0.25) is 4.79 Å². The standard InChI is InChI=1S/C12H14BrF3N2O/c1-3-11(2,17)10(19)18-9-5-7(12(14,15)16)4-8(13)6-9/h4-6H,3,17H2,1-2H3,(H,18,19). The molecule has 1 unspecified atom stereocenters. The Morgan fingerprint density at radius 2 is 1.95 bits per heavy atom. The number of rotatable bonds is 3. The van der Waals surface area contributed by atoms with Crippen LogP contribution in [0, 0.1) is 0 Å². The Labute approximate surface area is 117 Å². The van der Waals surface area contributed by atoms with Crippen LogP contribution in [0.1, 0.15) is 25.8 Å². The van der Waals surface area contributed by atoms with Gasteiger partial charge >= 0.3 is 6.18 Å². The summed E-state index contributed by atoms with van der Waals surface area (Å²) in [6.07, 6.45) is -4.10. The number of amides is 1. The summed E-state index contributed by atoms with van der Waals surface area (Å²) in [5.41, 5.74) is 3.81. The van der Waals surface area contributed by atoms with E-state index in [0.717, 1.165) is 12.1 Å². The summed E-state index contributed by atoms with van der Waals surface area (Å²) in [5.74, 6) is -0.527. The van der Waals surface area contributed by atoms with Gasteiger partial charge in [-0.1, -0.05) is 22.9 Å². The average molecular weight is 339 g/mol. The average Bonchev–Trinajstić information content (AvgIpc) is 2.27. The maximum atomic E-state index is 12.6. The number of nitrogens with one attached hydrogen (secondary N) is 1. The summed E-state index contributed by atoms with van der Waals surface area (Å²) in [4.78, 5) is 11.8. The zero-order valence-corrected chi connectivity index (χ0v) is 12.0. The predicted octanol–water partition coefficient (Wildman–Crippen LogP) is 3.53. The van der Waals surface area contributed by atoms with Crippen LogP contribution in [0.5, 0.6) is 0 Å². The second-order valence-electron chi connectivity index (χ2n) is 4.45. The molecule has 0 radical (unpaired) electrons. The molecule has 106 valence electrons. The van der Waals surface area contributed by atoms with Crippen LogP contribution in [-0.2, 0) is 11.0 Å². The summed E-state index contributed by atoms with van der Waals surface area (Å²) in [6.45, 7) is 3.24. The van der Waals surface area contributed by atoms with Crippen molar-refractivity contribution in [3.8, 4) is 0 Å². The number of hydrogen-bond acceptors (Lipinski definition) is 2. The molecule has 3 nitrogen and oxygen atoms in total. The topological polar surface area (TPSA) is 55.1 Å². The molecule has 1 atom stereocenters. The van der Waals surface area contributed by atoms with E-state index in [2.05, 4.69) is 21.2 Å². The molecule has 0 aliphatic heterocycles. The molecule has 0 saturated carbocycles. The first-order valence-electron chi connectivity index (χ1n) is 5.54. The number of carbonyl (C=O) groups excluding carboxylic acids is 1. The van der Waals surface area contributed by atoms with Crippen molar-refractivity contribution in [3.63, 3.8) is 0 Å². The number of carbonyl (C=O) groups is 1. The minimum Gasteiger partial charge on any atom is -0.324 e. The molecule has 0 aliphatic carbocycles.